The molecule has 0 atom stereocenters. The first-order valence-corrected chi connectivity index (χ1v) is 6.68. The Bertz CT molecular complexity index is 142. The molecule has 0 fully saturated rings. The van der Waals surface area contributed by atoms with E-state index in [1.807, 2.05) is 27.7 Å². The monoisotopic (exact) mass is 294 g/mol. The van der Waals surface area contributed by atoms with Gasteiger partial charge in [-0.2, -0.15) is 0 Å². The van der Waals surface area contributed by atoms with E-state index in [2.05, 4.69) is 40.9 Å². The zero-order valence-electron chi connectivity index (χ0n) is 14.8. The van der Waals surface area contributed by atoms with Crippen LogP contribution in [0.4, 0.5) is 0 Å². The number of aliphatic carboxylic acids is 1. The normalized spacial score (nSPS) is 7.75. The number of carboxylic acids is 1. The summed E-state index contributed by atoms with van der Waals surface area (Å²) in [4.78, 5) is 10.0. The molecule has 20 heavy (non-hydrogen) atoms. The number of carbonyl (C=O) groups is 1. The lowest BCUT2D eigenvalue weighted by atomic mass is 9.98. The molecule has 0 saturated carbocycles. The predicted octanol–water partition coefficient (Wildman–Crippen LogP) is 7.30. The lowest BCUT2D eigenvalue weighted by Crippen LogP contribution is -2.18. The molecule has 0 aromatic rings. The molecular weight excluding hydrogens is 248 g/mol. The van der Waals surface area contributed by atoms with Gasteiger partial charge in [-0.1, -0.05) is 70.2 Å². The SMILES string of the molecule is C.C.C=C.CC.CC.CC(C)(C)C.CC(C)(C)C(=O)O. The van der Waals surface area contributed by atoms with Crippen LogP contribution in [-0.2, 0) is 4.79 Å². The van der Waals surface area contributed by atoms with Gasteiger partial charge in [0.25, 0.3) is 0 Å². The van der Waals surface area contributed by atoms with Gasteiger partial charge in [0.2, 0.25) is 0 Å². The molecule has 0 heterocycles. The summed E-state index contributed by atoms with van der Waals surface area (Å²) in [5.41, 5.74) is -0.0833. The van der Waals surface area contributed by atoms with E-state index in [9.17, 15) is 4.79 Å². The fourth-order valence-corrected chi connectivity index (χ4v) is 0. The summed E-state index contributed by atoms with van der Waals surface area (Å²) in [7, 11) is 0. The van der Waals surface area contributed by atoms with E-state index in [0.29, 0.717) is 5.41 Å². The Morgan fingerprint density at radius 2 is 0.800 bits per heavy atom. The molecule has 0 amide bonds. The zero-order valence-corrected chi connectivity index (χ0v) is 14.8. The second-order valence-electron chi connectivity index (χ2n) is 5.56. The van der Waals surface area contributed by atoms with E-state index in [0.717, 1.165) is 0 Å². The van der Waals surface area contributed by atoms with Crippen LogP contribution in [0.3, 0.4) is 0 Å². The highest BCUT2D eigenvalue weighted by Gasteiger charge is 2.18. The molecule has 0 unspecified atom stereocenters. The fourth-order valence-electron chi connectivity index (χ4n) is 0. The van der Waals surface area contributed by atoms with Crippen LogP contribution in [0.1, 0.15) is 91.0 Å². The molecule has 0 rings (SSSR count). The Morgan fingerprint density at radius 3 is 0.800 bits per heavy atom. The summed E-state index contributed by atoms with van der Waals surface area (Å²) in [6.45, 7) is 27.7. The summed E-state index contributed by atoms with van der Waals surface area (Å²) in [6, 6.07) is 0. The molecule has 0 aliphatic heterocycles. The Labute approximate surface area is 131 Å². The van der Waals surface area contributed by atoms with E-state index in [4.69, 9.17) is 5.11 Å². The second-order valence-corrected chi connectivity index (χ2v) is 5.56. The van der Waals surface area contributed by atoms with Crippen molar-refractivity contribution in [2.45, 2.75) is 91.0 Å². The van der Waals surface area contributed by atoms with Crippen molar-refractivity contribution >= 4 is 5.97 Å². The van der Waals surface area contributed by atoms with Crippen LogP contribution in [0.15, 0.2) is 13.2 Å². The first-order chi connectivity index (χ1) is 7.94. The first kappa shape index (κ1) is 42.7. The highest BCUT2D eigenvalue weighted by Crippen LogP contribution is 2.11. The average Bonchev–Trinajstić information content (AvgIpc) is 2.23. The van der Waals surface area contributed by atoms with Crippen LogP contribution in [0.25, 0.3) is 0 Å². The van der Waals surface area contributed by atoms with E-state index in [-0.39, 0.29) is 14.9 Å². The molecule has 0 aromatic carbocycles. The molecule has 130 valence electrons. The van der Waals surface area contributed by atoms with Gasteiger partial charge < -0.3 is 5.11 Å². The third-order valence-corrected chi connectivity index (χ3v) is 0.642. The lowest BCUT2D eigenvalue weighted by Gasteiger charge is -2.08. The van der Waals surface area contributed by atoms with Gasteiger partial charge in [0.1, 0.15) is 0 Å². The summed E-state index contributed by atoms with van der Waals surface area (Å²) in [6.07, 6.45) is 0. The number of hydrogen-bond acceptors (Lipinski definition) is 1. The minimum atomic E-state index is -0.757. The van der Waals surface area contributed by atoms with Crippen LogP contribution in [0.5, 0.6) is 0 Å². The Kier molecular flexibility index (Phi) is 57.1. The average molecular weight is 295 g/mol. The van der Waals surface area contributed by atoms with Crippen LogP contribution in [0.2, 0.25) is 0 Å². The van der Waals surface area contributed by atoms with Crippen molar-refractivity contribution in [2.75, 3.05) is 0 Å². The van der Waals surface area contributed by atoms with Gasteiger partial charge in [-0.05, 0) is 26.2 Å². The van der Waals surface area contributed by atoms with Crippen molar-refractivity contribution in [3.63, 3.8) is 0 Å². The van der Waals surface area contributed by atoms with Crippen molar-refractivity contribution in [3.8, 4) is 0 Å². The molecule has 0 aromatic heterocycles. The van der Waals surface area contributed by atoms with Crippen molar-refractivity contribution in [3.05, 3.63) is 13.2 Å². The van der Waals surface area contributed by atoms with Crippen LogP contribution < -0.4 is 0 Å². The van der Waals surface area contributed by atoms with Crippen molar-refractivity contribution in [1.82, 2.24) is 0 Å². The number of carboxylic acid groups (broad SMARTS) is 1. The Hall–Kier alpha value is -0.790. The van der Waals surface area contributed by atoms with Crippen molar-refractivity contribution in [1.29, 1.82) is 0 Å². The van der Waals surface area contributed by atoms with Crippen LogP contribution in [-0.4, -0.2) is 11.1 Å². The van der Waals surface area contributed by atoms with E-state index in [1.165, 1.54) is 0 Å². The van der Waals surface area contributed by atoms with E-state index in [1.54, 1.807) is 20.8 Å². The third kappa shape index (κ3) is 167. The molecule has 2 nitrogen and oxygen atoms in total. The van der Waals surface area contributed by atoms with Crippen LogP contribution in [0, 0.1) is 10.8 Å². The highest BCUT2D eigenvalue weighted by atomic mass is 16.4. The molecule has 0 saturated heterocycles. The summed E-state index contributed by atoms with van der Waals surface area (Å²) in [5.74, 6) is -0.757. The van der Waals surface area contributed by atoms with Gasteiger partial charge in [-0.15, -0.1) is 13.2 Å². The lowest BCUT2D eigenvalue weighted by molar-refractivity contribution is -0.145. The van der Waals surface area contributed by atoms with Gasteiger partial charge in [-0.25, -0.2) is 0 Å². The predicted molar refractivity (Wildman–Crippen MR) is 99.6 cm³/mol. The molecule has 0 spiro atoms. The van der Waals surface area contributed by atoms with Crippen molar-refractivity contribution < 1.29 is 9.90 Å². The third-order valence-electron chi connectivity index (χ3n) is 0.642. The molecular formula is C18H46O2. The molecule has 0 bridgehead atoms. The molecule has 0 aliphatic carbocycles. The minimum Gasteiger partial charge on any atom is -0.481 e. The highest BCUT2D eigenvalue weighted by molar-refractivity contribution is 5.72. The summed E-state index contributed by atoms with van der Waals surface area (Å²) >= 11 is 0. The van der Waals surface area contributed by atoms with E-state index < -0.39 is 11.4 Å². The smallest absolute Gasteiger partial charge is 0.308 e. The van der Waals surface area contributed by atoms with Gasteiger partial charge in [0, 0.05) is 0 Å². The molecule has 2 heteroatoms. The largest absolute Gasteiger partial charge is 0.481 e. The maximum Gasteiger partial charge on any atom is 0.308 e. The first-order valence-electron chi connectivity index (χ1n) is 6.68. The Balaban J connectivity index is -0.0000000233. The standard InChI is InChI=1S/C5H10O2.C5H12.2C2H6.C2H4.2CH4/c1-5(2,3)4(6)7;1-5(2,3)4;3*1-2;;/h1-3H3,(H,6,7);1-4H3;2*1-2H3;1-2H2;2*1H4. The summed E-state index contributed by atoms with van der Waals surface area (Å²) in [5, 5.41) is 8.25. The number of rotatable bonds is 0. The minimum absolute atomic E-state index is 0. The van der Waals surface area contributed by atoms with E-state index >= 15 is 0 Å². The number of hydrogen-bond donors (Lipinski definition) is 1. The maximum absolute atomic E-state index is 10.0. The van der Waals surface area contributed by atoms with Gasteiger partial charge in [0.05, 0.1) is 5.41 Å². The van der Waals surface area contributed by atoms with Gasteiger partial charge in [-0.3, -0.25) is 4.79 Å². The maximum atomic E-state index is 10.0. The van der Waals surface area contributed by atoms with Gasteiger partial charge >= 0.3 is 5.97 Å². The molecule has 0 radical (unpaired) electrons. The molecule has 1 N–H and O–H groups in total. The van der Waals surface area contributed by atoms with Crippen molar-refractivity contribution in [2.24, 2.45) is 10.8 Å². The summed E-state index contributed by atoms with van der Waals surface area (Å²) < 4.78 is 0. The topological polar surface area (TPSA) is 37.3 Å². The van der Waals surface area contributed by atoms with Gasteiger partial charge in [0.15, 0.2) is 0 Å². The molecule has 0 aliphatic rings. The quantitative estimate of drug-likeness (QED) is 0.476. The zero-order chi connectivity index (χ0) is 16.6. The van der Waals surface area contributed by atoms with Crippen LogP contribution >= 0.6 is 0 Å². The second kappa shape index (κ2) is 26.7. The Morgan fingerprint density at radius 1 is 0.750 bits per heavy atom. The fraction of sp³-hybridized carbons (Fsp3) is 0.833.